The van der Waals surface area contributed by atoms with Crippen molar-refractivity contribution in [2.75, 3.05) is 19.8 Å². The van der Waals surface area contributed by atoms with E-state index in [0.717, 1.165) is 51.1 Å². The van der Waals surface area contributed by atoms with Crippen molar-refractivity contribution in [3.8, 4) is 5.75 Å². The van der Waals surface area contributed by atoms with Gasteiger partial charge in [-0.2, -0.15) is 0 Å². The van der Waals surface area contributed by atoms with Gasteiger partial charge in [-0.25, -0.2) is 0 Å². The van der Waals surface area contributed by atoms with Crippen molar-refractivity contribution in [2.24, 2.45) is 5.92 Å². The van der Waals surface area contributed by atoms with Gasteiger partial charge in [0.15, 0.2) is 0 Å². The third-order valence-electron chi connectivity index (χ3n) is 6.16. The summed E-state index contributed by atoms with van der Waals surface area (Å²) in [5.41, 5.74) is 0.696. The lowest BCUT2D eigenvalue weighted by atomic mass is 9.97. The number of aliphatic hydroxyl groups excluding tert-OH is 1. The van der Waals surface area contributed by atoms with E-state index in [0.29, 0.717) is 30.9 Å². The monoisotopic (exact) mass is 359 g/mol. The van der Waals surface area contributed by atoms with Gasteiger partial charge < -0.3 is 19.5 Å². The first kappa shape index (κ1) is 17.8. The first-order chi connectivity index (χ1) is 12.7. The lowest BCUT2D eigenvalue weighted by Crippen LogP contribution is -2.48. The van der Waals surface area contributed by atoms with Crippen LogP contribution in [0.4, 0.5) is 0 Å². The van der Waals surface area contributed by atoms with Crippen LogP contribution >= 0.6 is 0 Å². The number of hydrogen-bond donors (Lipinski definition) is 1. The number of benzene rings is 1. The molecule has 3 saturated heterocycles. The van der Waals surface area contributed by atoms with Gasteiger partial charge in [-0.3, -0.25) is 4.79 Å². The summed E-state index contributed by atoms with van der Waals surface area (Å²) in [5.74, 6) is 1.54. The Kier molecular flexibility index (Phi) is 5.46. The minimum Gasteiger partial charge on any atom is -0.494 e. The predicted octanol–water partition coefficient (Wildman–Crippen LogP) is 3.01. The average molecular weight is 359 g/mol. The molecule has 4 rings (SSSR count). The Hall–Kier alpha value is -1.59. The highest BCUT2D eigenvalue weighted by atomic mass is 16.5. The van der Waals surface area contributed by atoms with Gasteiger partial charge in [0.05, 0.1) is 12.7 Å². The standard InChI is InChI=1S/C21H29NO4/c23-19-13-17-4-5-18(14-19)22(17)21(24)16-2-1-3-20(12-16)26-11-8-15-6-9-25-10-7-15/h1-3,12,15,17-19,23H,4-11,13-14H2. The van der Waals surface area contributed by atoms with E-state index in [2.05, 4.69) is 0 Å². The van der Waals surface area contributed by atoms with Crippen LogP contribution in [-0.4, -0.2) is 53.9 Å². The lowest BCUT2D eigenvalue weighted by molar-refractivity contribution is 0.0286. The van der Waals surface area contributed by atoms with Crippen LogP contribution in [0.25, 0.3) is 0 Å². The van der Waals surface area contributed by atoms with Gasteiger partial charge in [-0.1, -0.05) is 6.07 Å². The van der Waals surface area contributed by atoms with Crippen LogP contribution in [0.1, 0.15) is 55.3 Å². The molecule has 0 saturated carbocycles. The number of fused-ring (bicyclic) bond motifs is 2. The van der Waals surface area contributed by atoms with E-state index in [4.69, 9.17) is 9.47 Å². The molecule has 3 aliphatic heterocycles. The molecule has 2 bridgehead atoms. The molecule has 0 radical (unpaired) electrons. The van der Waals surface area contributed by atoms with Crippen LogP contribution in [0.2, 0.25) is 0 Å². The molecule has 1 aromatic carbocycles. The van der Waals surface area contributed by atoms with E-state index in [1.807, 2.05) is 29.2 Å². The van der Waals surface area contributed by atoms with Gasteiger partial charge in [-0.05, 0) is 69.1 Å². The minimum absolute atomic E-state index is 0.0827. The maximum absolute atomic E-state index is 13.0. The fourth-order valence-corrected chi connectivity index (χ4v) is 4.73. The highest BCUT2D eigenvalue weighted by molar-refractivity contribution is 5.95. The van der Waals surface area contributed by atoms with Gasteiger partial charge in [-0.15, -0.1) is 0 Å². The van der Waals surface area contributed by atoms with Gasteiger partial charge >= 0.3 is 0 Å². The molecule has 5 nitrogen and oxygen atoms in total. The molecule has 26 heavy (non-hydrogen) atoms. The fourth-order valence-electron chi connectivity index (χ4n) is 4.73. The van der Waals surface area contributed by atoms with Crippen LogP contribution in [-0.2, 0) is 4.74 Å². The number of piperidine rings is 1. The van der Waals surface area contributed by atoms with Gasteiger partial charge in [0.2, 0.25) is 0 Å². The van der Waals surface area contributed by atoms with E-state index < -0.39 is 0 Å². The Bertz CT molecular complexity index is 614. The van der Waals surface area contributed by atoms with Crippen molar-refractivity contribution in [2.45, 2.75) is 63.1 Å². The molecule has 3 fully saturated rings. The number of amides is 1. The molecule has 5 heteroatoms. The maximum atomic E-state index is 13.0. The maximum Gasteiger partial charge on any atom is 0.254 e. The third-order valence-corrected chi connectivity index (χ3v) is 6.16. The zero-order chi connectivity index (χ0) is 17.9. The number of hydrogen-bond acceptors (Lipinski definition) is 4. The van der Waals surface area contributed by atoms with Crippen molar-refractivity contribution in [1.29, 1.82) is 0 Å². The average Bonchev–Trinajstić information content (AvgIpc) is 2.93. The molecule has 1 amide bonds. The zero-order valence-electron chi connectivity index (χ0n) is 15.3. The third kappa shape index (κ3) is 3.89. The number of ether oxygens (including phenoxy) is 2. The summed E-state index contributed by atoms with van der Waals surface area (Å²) in [5, 5.41) is 9.94. The smallest absolute Gasteiger partial charge is 0.254 e. The number of carbonyl (C=O) groups excluding carboxylic acids is 1. The Balaban J connectivity index is 1.35. The molecular formula is C21H29NO4. The lowest BCUT2D eigenvalue weighted by Gasteiger charge is -2.37. The van der Waals surface area contributed by atoms with Gasteiger partial charge in [0.1, 0.15) is 5.75 Å². The molecule has 0 aromatic heterocycles. The van der Waals surface area contributed by atoms with Crippen molar-refractivity contribution < 1.29 is 19.4 Å². The highest BCUT2D eigenvalue weighted by Crippen LogP contribution is 2.37. The van der Waals surface area contributed by atoms with E-state index in [1.165, 1.54) is 0 Å². The molecule has 3 heterocycles. The van der Waals surface area contributed by atoms with Crippen molar-refractivity contribution in [1.82, 2.24) is 4.90 Å². The molecule has 1 aromatic rings. The van der Waals surface area contributed by atoms with Crippen LogP contribution in [0, 0.1) is 5.92 Å². The molecular weight excluding hydrogens is 330 g/mol. The topological polar surface area (TPSA) is 59.0 Å². The summed E-state index contributed by atoms with van der Waals surface area (Å²) in [6, 6.07) is 7.95. The number of carbonyl (C=O) groups is 1. The van der Waals surface area contributed by atoms with E-state index in [9.17, 15) is 9.90 Å². The Labute approximate surface area is 155 Å². The van der Waals surface area contributed by atoms with Crippen molar-refractivity contribution >= 4 is 5.91 Å². The molecule has 2 unspecified atom stereocenters. The van der Waals surface area contributed by atoms with Crippen LogP contribution in [0.5, 0.6) is 5.75 Å². The first-order valence-electron chi connectivity index (χ1n) is 10.0. The van der Waals surface area contributed by atoms with Crippen LogP contribution < -0.4 is 4.74 Å². The molecule has 3 aliphatic rings. The van der Waals surface area contributed by atoms with Crippen LogP contribution in [0.3, 0.4) is 0 Å². The Morgan fingerprint density at radius 3 is 2.62 bits per heavy atom. The molecule has 0 spiro atoms. The second-order valence-electron chi connectivity index (χ2n) is 7.94. The number of nitrogens with zero attached hydrogens (tertiary/aromatic N) is 1. The van der Waals surface area contributed by atoms with Gasteiger partial charge in [0.25, 0.3) is 5.91 Å². The molecule has 0 aliphatic carbocycles. The van der Waals surface area contributed by atoms with Crippen molar-refractivity contribution in [3.05, 3.63) is 29.8 Å². The molecule has 2 atom stereocenters. The van der Waals surface area contributed by atoms with Crippen molar-refractivity contribution in [3.63, 3.8) is 0 Å². The SMILES string of the molecule is O=C(c1cccc(OCCC2CCOCC2)c1)N1C2CCC1CC(O)C2. The largest absolute Gasteiger partial charge is 0.494 e. The van der Waals surface area contributed by atoms with E-state index >= 15 is 0 Å². The van der Waals surface area contributed by atoms with E-state index in [-0.39, 0.29) is 24.1 Å². The number of rotatable bonds is 5. The molecule has 1 N–H and O–H groups in total. The molecule has 142 valence electrons. The normalized spacial score (nSPS) is 29.0. The summed E-state index contributed by atoms with van der Waals surface area (Å²) >= 11 is 0. The zero-order valence-corrected chi connectivity index (χ0v) is 15.3. The second-order valence-corrected chi connectivity index (χ2v) is 7.94. The quantitative estimate of drug-likeness (QED) is 0.878. The van der Waals surface area contributed by atoms with Crippen LogP contribution in [0.15, 0.2) is 24.3 Å². The predicted molar refractivity (Wildman–Crippen MR) is 98.3 cm³/mol. The Morgan fingerprint density at radius 2 is 1.88 bits per heavy atom. The van der Waals surface area contributed by atoms with Gasteiger partial charge in [0, 0.05) is 30.9 Å². The Morgan fingerprint density at radius 1 is 1.15 bits per heavy atom. The van der Waals surface area contributed by atoms with E-state index in [1.54, 1.807) is 0 Å². The summed E-state index contributed by atoms with van der Waals surface area (Å²) in [6.07, 6.45) is 6.46. The minimum atomic E-state index is -0.253. The first-order valence-corrected chi connectivity index (χ1v) is 10.0. The number of aliphatic hydroxyl groups is 1. The highest BCUT2D eigenvalue weighted by Gasteiger charge is 2.42. The summed E-state index contributed by atoms with van der Waals surface area (Å²) in [4.78, 5) is 15.0. The second kappa shape index (κ2) is 7.97. The summed E-state index contributed by atoms with van der Waals surface area (Å²) in [6.45, 7) is 2.41. The fraction of sp³-hybridized carbons (Fsp3) is 0.667. The summed E-state index contributed by atoms with van der Waals surface area (Å²) < 4.78 is 11.3. The summed E-state index contributed by atoms with van der Waals surface area (Å²) in [7, 11) is 0.